The molecule has 0 spiro atoms. The Balaban J connectivity index is 1.61. The van der Waals surface area contributed by atoms with E-state index in [1.54, 1.807) is 4.90 Å². The highest BCUT2D eigenvalue weighted by Crippen LogP contribution is 2.42. The molecule has 2 fully saturated rings. The zero-order valence-corrected chi connectivity index (χ0v) is 12.4. The monoisotopic (exact) mass is 303 g/mol. The van der Waals surface area contributed by atoms with Gasteiger partial charge in [0.2, 0.25) is 5.91 Å². The van der Waals surface area contributed by atoms with Crippen LogP contribution in [0.5, 0.6) is 0 Å². The van der Waals surface area contributed by atoms with Crippen LogP contribution in [-0.2, 0) is 9.59 Å². The van der Waals surface area contributed by atoms with E-state index in [0.717, 1.165) is 18.4 Å². The number of aliphatic carboxylic acids is 1. The summed E-state index contributed by atoms with van der Waals surface area (Å²) in [4.78, 5) is 25.1. The van der Waals surface area contributed by atoms with Crippen LogP contribution in [0.3, 0.4) is 0 Å². The second-order valence-electron chi connectivity index (χ2n) is 6.28. The Morgan fingerprint density at radius 2 is 1.95 bits per heavy atom. The number of likely N-dealkylation sites (tertiary alicyclic amines) is 1. The molecule has 1 aliphatic carbocycles. The van der Waals surface area contributed by atoms with Crippen LogP contribution in [0.15, 0.2) is 30.3 Å². The summed E-state index contributed by atoms with van der Waals surface area (Å²) in [6.45, 7) is 0.674. The van der Waals surface area contributed by atoms with Crippen molar-refractivity contribution in [2.45, 2.75) is 37.8 Å². The number of carbonyl (C=O) groups excluding carboxylic acids is 1. The molecule has 1 heterocycles. The van der Waals surface area contributed by atoms with E-state index in [1.165, 1.54) is 0 Å². The lowest BCUT2D eigenvalue weighted by Crippen LogP contribution is -2.38. The maximum absolute atomic E-state index is 12.4. The molecule has 2 N–H and O–H groups in total. The highest BCUT2D eigenvalue weighted by Gasteiger charge is 2.51. The molecule has 5 nitrogen and oxygen atoms in total. The molecule has 0 bridgehead atoms. The van der Waals surface area contributed by atoms with E-state index in [2.05, 4.69) is 0 Å². The first-order valence-electron chi connectivity index (χ1n) is 7.84. The van der Waals surface area contributed by atoms with E-state index in [0.29, 0.717) is 19.4 Å². The predicted octanol–water partition coefficient (Wildman–Crippen LogP) is 1.82. The van der Waals surface area contributed by atoms with Gasteiger partial charge in [-0.15, -0.1) is 0 Å². The van der Waals surface area contributed by atoms with Gasteiger partial charge in [0.25, 0.3) is 0 Å². The number of rotatable bonds is 5. The highest BCUT2D eigenvalue weighted by molar-refractivity contribution is 5.89. The number of carboxylic acids is 1. The molecule has 5 heteroatoms. The standard InChI is InChI=1S/C17H21NO4/c19-15(11-5-2-1-3-6-11)9-12-7-4-8-18(12)16(20)13-10-14(13)17(21)22/h1-3,5-6,12-15,19H,4,7-10H2,(H,21,22)/t12-,13+,14-,15+/m1/s1. The van der Waals surface area contributed by atoms with Gasteiger partial charge in [-0.3, -0.25) is 9.59 Å². The highest BCUT2D eigenvalue weighted by atomic mass is 16.4. The number of amides is 1. The molecule has 0 radical (unpaired) electrons. The normalized spacial score (nSPS) is 28.4. The van der Waals surface area contributed by atoms with Crippen molar-refractivity contribution in [3.05, 3.63) is 35.9 Å². The van der Waals surface area contributed by atoms with Crippen LogP contribution in [0.25, 0.3) is 0 Å². The topological polar surface area (TPSA) is 77.8 Å². The van der Waals surface area contributed by atoms with Crippen LogP contribution in [0.1, 0.15) is 37.4 Å². The lowest BCUT2D eigenvalue weighted by atomic mass is 10.0. The third kappa shape index (κ3) is 2.99. The van der Waals surface area contributed by atoms with Gasteiger partial charge < -0.3 is 15.1 Å². The third-order valence-corrected chi connectivity index (χ3v) is 4.76. The summed E-state index contributed by atoms with van der Waals surface area (Å²) in [5, 5.41) is 19.3. The Labute approximate surface area is 129 Å². The minimum Gasteiger partial charge on any atom is -0.481 e. The Hall–Kier alpha value is -1.88. The van der Waals surface area contributed by atoms with E-state index in [-0.39, 0.29) is 17.9 Å². The van der Waals surface area contributed by atoms with E-state index in [1.807, 2.05) is 30.3 Å². The van der Waals surface area contributed by atoms with Crippen LogP contribution >= 0.6 is 0 Å². The second kappa shape index (κ2) is 6.08. The molecule has 22 heavy (non-hydrogen) atoms. The number of aliphatic hydroxyl groups excluding tert-OH is 1. The average molecular weight is 303 g/mol. The summed E-state index contributed by atoms with van der Waals surface area (Å²) in [6, 6.07) is 9.45. The quantitative estimate of drug-likeness (QED) is 0.870. The molecular weight excluding hydrogens is 282 g/mol. The molecule has 3 rings (SSSR count). The first kappa shape index (κ1) is 15.0. The Morgan fingerprint density at radius 1 is 1.23 bits per heavy atom. The number of benzene rings is 1. The molecular formula is C17H21NO4. The van der Waals surface area contributed by atoms with Crippen molar-refractivity contribution in [3.63, 3.8) is 0 Å². The lowest BCUT2D eigenvalue weighted by molar-refractivity contribution is -0.142. The largest absolute Gasteiger partial charge is 0.481 e. The molecule has 1 aromatic carbocycles. The zero-order chi connectivity index (χ0) is 15.7. The molecule has 118 valence electrons. The van der Waals surface area contributed by atoms with E-state index in [9.17, 15) is 14.7 Å². The Kier molecular flexibility index (Phi) is 4.16. The van der Waals surface area contributed by atoms with Gasteiger partial charge in [-0.05, 0) is 31.2 Å². The van der Waals surface area contributed by atoms with Gasteiger partial charge in [0, 0.05) is 12.6 Å². The number of hydrogen-bond acceptors (Lipinski definition) is 3. The zero-order valence-electron chi connectivity index (χ0n) is 12.4. The molecule has 2 aliphatic rings. The number of carboxylic acid groups (broad SMARTS) is 1. The summed E-state index contributed by atoms with van der Waals surface area (Å²) in [7, 11) is 0. The van der Waals surface area contributed by atoms with E-state index in [4.69, 9.17) is 5.11 Å². The third-order valence-electron chi connectivity index (χ3n) is 4.76. The molecule has 1 saturated heterocycles. The first-order chi connectivity index (χ1) is 10.6. The van der Waals surface area contributed by atoms with E-state index < -0.39 is 18.0 Å². The van der Waals surface area contributed by atoms with Crippen LogP contribution in [0.4, 0.5) is 0 Å². The van der Waals surface area contributed by atoms with Crippen LogP contribution in [0.2, 0.25) is 0 Å². The van der Waals surface area contributed by atoms with Crippen LogP contribution < -0.4 is 0 Å². The van der Waals surface area contributed by atoms with Gasteiger partial charge in [0.15, 0.2) is 0 Å². The fourth-order valence-electron chi connectivity index (χ4n) is 3.39. The summed E-state index contributed by atoms with van der Waals surface area (Å²) in [5.74, 6) is -1.78. The Bertz CT molecular complexity index is 559. The van der Waals surface area contributed by atoms with Crippen LogP contribution in [0, 0.1) is 11.8 Å². The second-order valence-corrected chi connectivity index (χ2v) is 6.28. The van der Waals surface area contributed by atoms with E-state index >= 15 is 0 Å². The number of carbonyl (C=O) groups is 2. The minimum absolute atomic E-state index is 0.0118. The van der Waals surface area contributed by atoms with Crippen molar-refractivity contribution in [1.82, 2.24) is 4.90 Å². The van der Waals surface area contributed by atoms with Crippen molar-refractivity contribution < 1.29 is 19.8 Å². The molecule has 0 aromatic heterocycles. The van der Waals surface area contributed by atoms with Crippen molar-refractivity contribution >= 4 is 11.9 Å². The lowest BCUT2D eigenvalue weighted by Gasteiger charge is -2.27. The van der Waals surface area contributed by atoms with Gasteiger partial charge in [0.05, 0.1) is 17.9 Å². The van der Waals surface area contributed by atoms with Gasteiger partial charge >= 0.3 is 5.97 Å². The summed E-state index contributed by atoms with van der Waals surface area (Å²) >= 11 is 0. The number of nitrogens with zero attached hydrogens (tertiary/aromatic N) is 1. The van der Waals surface area contributed by atoms with Crippen molar-refractivity contribution in [2.75, 3.05) is 6.54 Å². The van der Waals surface area contributed by atoms with Crippen molar-refractivity contribution in [3.8, 4) is 0 Å². The fraction of sp³-hybridized carbons (Fsp3) is 0.529. The summed E-state index contributed by atoms with van der Waals surface area (Å²) in [6.07, 6.45) is 2.18. The average Bonchev–Trinajstić information content (AvgIpc) is 3.21. The smallest absolute Gasteiger partial charge is 0.307 e. The summed E-state index contributed by atoms with van der Waals surface area (Å²) < 4.78 is 0. The van der Waals surface area contributed by atoms with Gasteiger partial charge in [-0.1, -0.05) is 30.3 Å². The van der Waals surface area contributed by atoms with Gasteiger partial charge in [-0.2, -0.15) is 0 Å². The van der Waals surface area contributed by atoms with Gasteiger partial charge in [0.1, 0.15) is 0 Å². The molecule has 1 saturated carbocycles. The fourth-order valence-corrected chi connectivity index (χ4v) is 3.39. The number of aliphatic hydroxyl groups is 1. The van der Waals surface area contributed by atoms with Crippen molar-refractivity contribution in [2.24, 2.45) is 11.8 Å². The minimum atomic E-state index is -0.876. The summed E-state index contributed by atoms with van der Waals surface area (Å²) in [5.41, 5.74) is 0.858. The molecule has 0 unspecified atom stereocenters. The Morgan fingerprint density at radius 3 is 2.59 bits per heavy atom. The number of hydrogen-bond donors (Lipinski definition) is 2. The first-order valence-corrected chi connectivity index (χ1v) is 7.84. The van der Waals surface area contributed by atoms with Crippen molar-refractivity contribution in [1.29, 1.82) is 0 Å². The maximum atomic E-state index is 12.4. The van der Waals surface area contributed by atoms with Crippen LogP contribution in [-0.4, -0.2) is 39.6 Å². The maximum Gasteiger partial charge on any atom is 0.307 e. The predicted molar refractivity (Wildman–Crippen MR) is 80.0 cm³/mol. The van der Waals surface area contributed by atoms with Gasteiger partial charge in [-0.25, -0.2) is 0 Å². The molecule has 1 aliphatic heterocycles. The molecule has 1 amide bonds. The molecule has 4 atom stereocenters. The molecule has 1 aromatic rings. The SMILES string of the molecule is O=C(O)[C@@H]1C[C@@H]1C(=O)N1CCC[C@@H]1C[C@H](O)c1ccccc1.